The fraction of sp³-hybridized carbons (Fsp3) is 0. The molecule has 1 amide bonds. The van der Waals surface area contributed by atoms with E-state index in [-0.39, 0.29) is 5.69 Å². The maximum Gasteiger partial charge on any atom is 0.255 e. The van der Waals surface area contributed by atoms with Crippen molar-refractivity contribution in [3.63, 3.8) is 0 Å². The molecule has 0 fully saturated rings. The lowest BCUT2D eigenvalue weighted by Crippen LogP contribution is -2.11. The second-order valence-electron chi connectivity index (χ2n) is 3.01. The van der Waals surface area contributed by atoms with Crippen LogP contribution in [-0.4, -0.2) is 5.91 Å². The molecular formula is C13H10FNO. The molecule has 0 heterocycles. The van der Waals surface area contributed by atoms with Crippen molar-refractivity contribution in [2.24, 2.45) is 0 Å². The van der Waals surface area contributed by atoms with Crippen LogP contribution < -0.4 is 5.32 Å². The van der Waals surface area contributed by atoms with E-state index in [1.54, 1.807) is 18.2 Å². The smallest absolute Gasteiger partial charge is 0.255 e. The van der Waals surface area contributed by atoms with Crippen molar-refractivity contribution < 1.29 is 14.7 Å². The molecule has 2 aromatic rings. The predicted molar refractivity (Wildman–Crippen MR) is 60.8 cm³/mol. The zero-order valence-corrected chi connectivity index (χ0v) is 8.17. The van der Waals surface area contributed by atoms with Crippen molar-refractivity contribution in [3.8, 4) is 0 Å². The molecule has 0 bridgehead atoms. The highest BCUT2D eigenvalue weighted by Crippen LogP contribution is 2.10. The number of amides is 1. The van der Waals surface area contributed by atoms with Gasteiger partial charge in [0.1, 0.15) is 5.82 Å². The summed E-state index contributed by atoms with van der Waals surface area (Å²) in [7, 11) is 0. The lowest BCUT2D eigenvalue weighted by atomic mass is 10.2. The molecule has 3 heteroatoms. The summed E-state index contributed by atoms with van der Waals surface area (Å²) in [4.78, 5) is 11.9. The second kappa shape index (κ2) is 4.57. The first kappa shape index (κ1) is 6.43. The molecule has 0 saturated heterocycles. The number of anilines is 1. The highest BCUT2D eigenvalue weighted by Gasteiger charge is 2.04. The zero-order chi connectivity index (χ0) is 14.9. The van der Waals surface area contributed by atoms with Gasteiger partial charge in [-0.1, -0.05) is 18.2 Å². The molecule has 0 atom stereocenters. The minimum Gasteiger partial charge on any atom is -0.322 e. The summed E-state index contributed by atoms with van der Waals surface area (Å²) in [5.74, 6) is -1.82. The predicted octanol–water partition coefficient (Wildman–Crippen LogP) is 3.08. The minimum absolute atomic E-state index is 0.300. The van der Waals surface area contributed by atoms with E-state index in [0.717, 1.165) is 0 Å². The quantitative estimate of drug-likeness (QED) is 0.826. The average Bonchev–Trinajstić information content (AvgIpc) is 2.48. The van der Waals surface area contributed by atoms with E-state index >= 15 is 0 Å². The van der Waals surface area contributed by atoms with Crippen LogP contribution in [0.2, 0.25) is 0 Å². The second-order valence-corrected chi connectivity index (χ2v) is 3.01. The van der Waals surface area contributed by atoms with E-state index in [2.05, 4.69) is 5.32 Å². The van der Waals surface area contributed by atoms with Gasteiger partial charge in [0, 0.05) is 11.3 Å². The summed E-state index contributed by atoms with van der Waals surface area (Å²) in [6, 6.07) is 5.24. The lowest BCUT2D eigenvalue weighted by molar-refractivity contribution is 0.102. The summed E-state index contributed by atoms with van der Waals surface area (Å²) in [6.45, 7) is 0. The zero-order valence-electron chi connectivity index (χ0n) is 12.2. The van der Waals surface area contributed by atoms with E-state index in [1.807, 2.05) is 0 Å². The Morgan fingerprint density at radius 3 is 2.38 bits per heavy atom. The van der Waals surface area contributed by atoms with Gasteiger partial charge in [-0.25, -0.2) is 4.39 Å². The molecule has 2 aromatic carbocycles. The van der Waals surface area contributed by atoms with Crippen LogP contribution in [0.4, 0.5) is 10.1 Å². The third kappa shape index (κ3) is 2.45. The standard InChI is InChI=1S/C13H10FNO/c14-11-6-8-12(9-7-11)15-13(16)10-4-2-1-3-5-10/h1-9H,(H,15,16)/i6D,7D,8D,9D. The largest absolute Gasteiger partial charge is 0.322 e. The van der Waals surface area contributed by atoms with E-state index in [4.69, 9.17) is 5.48 Å². The summed E-state index contributed by atoms with van der Waals surface area (Å²) in [6.07, 6.45) is 0. The Morgan fingerprint density at radius 1 is 1.12 bits per heavy atom. The summed E-state index contributed by atoms with van der Waals surface area (Å²) < 4.78 is 43.2. The lowest BCUT2D eigenvalue weighted by Gasteiger charge is -2.04. The Balaban J connectivity index is 2.43. The average molecular weight is 219 g/mol. The molecule has 0 aromatic heterocycles. The van der Waals surface area contributed by atoms with Crippen LogP contribution >= 0.6 is 0 Å². The molecule has 0 aliphatic heterocycles. The monoisotopic (exact) mass is 219 g/mol. The molecular weight excluding hydrogens is 205 g/mol. The first-order valence-electron chi connectivity index (χ1n) is 6.55. The Morgan fingerprint density at radius 2 is 1.75 bits per heavy atom. The van der Waals surface area contributed by atoms with E-state index in [1.165, 1.54) is 12.1 Å². The molecule has 16 heavy (non-hydrogen) atoms. The molecule has 0 unspecified atom stereocenters. The normalized spacial score (nSPS) is 13.3. The van der Waals surface area contributed by atoms with Gasteiger partial charge in [0.2, 0.25) is 0 Å². The molecule has 0 aliphatic rings. The Kier molecular flexibility index (Phi) is 1.84. The summed E-state index contributed by atoms with van der Waals surface area (Å²) in [5.41, 5.74) is -0.0380. The van der Waals surface area contributed by atoms with Crippen LogP contribution in [-0.2, 0) is 0 Å². The number of halogens is 1. The van der Waals surface area contributed by atoms with Gasteiger partial charge in [-0.2, -0.15) is 0 Å². The SMILES string of the molecule is [2H]c1c([2H])c(NC(=O)c2ccccc2)c([2H])c([2H])c1F. The molecule has 1 N–H and O–H groups in total. The molecule has 2 nitrogen and oxygen atoms in total. The van der Waals surface area contributed by atoms with Gasteiger partial charge in [0.05, 0.1) is 5.48 Å². The fourth-order valence-electron chi connectivity index (χ4n) is 1.13. The van der Waals surface area contributed by atoms with Crippen molar-refractivity contribution in [3.05, 3.63) is 65.9 Å². The maximum atomic E-state index is 13.4. The molecule has 80 valence electrons. The van der Waals surface area contributed by atoms with Gasteiger partial charge in [0.15, 0.2) is 0 Å². The highest BCUT2D eigenvalue weighted by molar-refractivity contribution is 6.04. The van der Waals surface area contributed by atoms with Crippen molar-refractivity contribution in [2.45, 2.75) is 0 Å². The molecule has 0 spiro atoms. The van der Waals surface area contributed by atoms with Crippen LogP contribution in [0.1, 0.15) is 15.8 Å². The van der Waals surface area contributed by atoms with Gasteiger partial charge in [-0.05, 0) is 36.3 Å². The topological polar surface area (TPSA) is 29.1 Å². The molecule has 0 radical (unpaired) electrons. The Hall–Kier alpha value is -2.16. The number of hydrogen-bond acceptors (Lipinski definition) is 1. The van der Waals surface area contributed by atoms with Crippen LogP contribution in [0.15, 0.2) is 54.5 Å². The number of benzene rings is 2. The van der Waals surface area contributed by atoms with Crippen molar-refractivity contribution >= 4 is 11.6 Å². The van der Waals surface area contributed by atoms with Crippen LogP contribution in [0.5, 0.6) is 0 Å². The van der Waals surface area contributed by atoms with Crippen molar-refractivity contribution in [2.75, 3.05) is 5.32 Å². The molecule has 0 saturated carbocycles. The van der Waals surface area contributed by atoms with Gasteiger partial charge in [0.25, 0.3) is 5.91 Å². The van der Waals surface area contributed by atoms with Gasteiger partial charge in [-0.15, -0.1) is 0 Å². The third-order valence-electron chi connectivity index (χ3n) is 1.87. The minimum atomic E-state index is -1.24. The Bertz CT molecular complexity index is 647. The number of rotatable bonds is 2. The number of carbonyl (C=O) groups excluding carboxylic acids is 1. The van der Waals surface area contributed by atoms with E-state index < -0.39 is 35.9 Å². The third-order valence-corrected chi connectivity index (χ3v) is 1.87. The Labute approximate surface area is 98.4 Å². The number of hydrogen-bond donors (Lipinski definition) is 1. The highest BCUT2D eigenvalue weighted by atomic mass is 19.1. The number of carbonyl (C=O) groups is 1. The van der Waals surface area contributed by atoms with Crippen molar-refractivity contribution in [1.29, 1.82) is 0 Å². The van der Waals surface area contributed by atoms with Crippen LogP contribution in [0.3, 0.4) is 0 Å². The number of nitrogens with one attached hydrogen (secondary N) is 1. The summed E-state index contributed by atoms with van der Waals surface area (Å²) in [5, 5.41) is 2.28. The van der Waals surface area contributed by atoms with Gasteiger partial charge < -0.3 is 5.32 Å². The van der Waals surface area contributed by atoms with Gasteiger partial charge in [-0.3, -0.25) is 4.79 Å². The van der Waals surface area contributed by atoms with Crippen molar-refractivity contribution in [1.82, 2.24) is 0 Å². The maximum absolute atomic E-state index is 13.4. The first-order valence-corrected chi connectivity index (χ1v) is 4.55. The van der Waals surface area contributed by atoms with Crippen LogP contribution in [0.25, 0.3) is 0 Å². The van der Waals surface area contributed by atoms with E-state index in [9.17, 15) is 9.18 Å². The molecule has 0 aliphatic carbocycles. The van der Waals surface area contributed by atoms with Crippen LogP contribution in [0, 0.1) is 5.82 Å². The van der Waals surface area contributed by atoms with Gasteiger partial charge >= 0.3 is 0 Å². The first-order chi connectivity index (χ1) is 9.43. The molecule has 2 rings (SSSR count). The fourth-order valence-corrected chi connectivity index (χ4v) is 1.13. The summed E-state index contributed by atoms with van der Waals surface area (Å²) >= 11 is 0. The van der Waals surface area contributed by atoms with E-state index in [0.29, 0.717) is 5.56 Å².